The second-order valence-electron chi connectivity index (χ2n) is 3.69. The van der Waals surface area contributed by atoms with Gasteiger partial charge in [0.2, 0.25) is 0 Å². The zero-order valence-electron chi connectivity index (χ0n) is 9.46. The van der Waals surface area contributed by atoms with Crippen LogP contribution in [0, 0.1) is 0 Å². The molecule has 4 heteroatoms. The summed E-state index contributed by atoms with van der Waals surface area (Å²) in [6, 6.07) is 3.97. The van der Waals surface area contributed by atoms with E-state index in [4.69, 9.17) is 14.2 Å². The fourth-order valence-corrected chi connectivity index (χ4v) is 2.53. The number of fused-ring (bicyclic) bond motifs is 1. The quantitative estimate of drug-likeness (QED) is 0.783. The van der Waals surface area contributed by atoms with Crippen LogP contribution in [0.4, 0.5) is 0 Å². The van der Waals surface area contributed by atoms with Gasteiger partial charge < -0.3 is 14.2 Å². The molecule has 0 spiro atoms. The van der Waals surface area contributed by atoms with Gasteiger partial charge in [-0.1, -0.05) is 15.9 Å². The third kappa shape index (κ3) is 2.18. The Morgan fingerprint density at radius 3 is 2.81 bits per heavy atom. The standard InChI is InChI=1S/C12H15BrO3/c1-14-8-5-10-9(12(6-8)15-2)3-4-16-7-11(10)13/h5-6,11H,3-4,7H2,1-2H3. The van der Waals surface area contributed by atoms with E-state index in [9.17, 15) is 0 Å². The SMILES string of the molecule is COc1cc(OC)c2c(c1)C(Br)COCC2. The van der Waals surface area contributed by atoms with E-state index in [2.05, 4.69) is 15.9 Å². The van der Waals surface area contributed by atoms with Crippen molar-refractivity contribution in [2.75, 3.05) is 27.4 Å². The van der Waals surface area contributed by atoms with E-state index < -0.39 is 0 Å². The Morgan fingerprint density at radius 1 is 1.31 bits per heavy atom. The van der Waals surface area contributed by atoms with Gasteiger partial charge in [-0.15, -0.1) is 0 Å². The van der Waals surface area contributed by atoms with E-state index in [0.29, 0.717) is 6.61 Å². The van der Waals surface area contributed by atoms with Gasteiger partial charge in [-0.05, 0) is 18.1 Å². The van der Waals surface area contributed by atoms with Crippen LogP contribution in [0.2, 0.25) is 0 Å². The lowest BCUT2D eigenvalue weighted by atomic mass is 10.0. The number of alkyl halides is 1. The molecule has 16 heavy (non-hydrogen) atoms. The van der Waals surface area contributed by atoms with Crippen LogP contribution in [-0.4, -0.2) is 27.4 Å². The molecule has 1 atom stereocenters. The minimum absolute atomic E-state index is 0.203. The largest absolute Gasteiger partial charge is 0.497 e. The van der Waals surface area contributed by atoms with Gasteiger partial charge in [-0.2, -0.15) is 0 Å². The van der Waals surface area contributed by atoms with E-state index in [1.165, 1.54) is 11.1 Å². The lowest BCUT2D eigenvalue weighted by molar-refractivity contribution is 0.145. The predicted octanol–water partition coefficient (Wildman–Crippen LogP) is 2.71. The predicted molar refractivity (Wildman–Crippen MR) is 65.7 cm³/mol. The van der Waals surface area contributed by atoms with Crippen LogP contribution in [0.1, 0.15) is 16.0 Å². The highest BCUT2D eigenvalue weighted by molar-refractivity contribution is 9.09. The minimum Gasteiger partial charge on any atom is -0.497 e. The number of rotatable bonds is 2. The van der Waals surface area contributed by atoms with Crippen molar-refractivity contribution < 1.29 is 14.2 Å². The highest BCUT2D eigenvalue weighted by Crippen LogP contribution is 2.37. The summed E-state index contributed by atoms with van der Waals surface area (Å²) in [5.74, 6) is 1.70. The highest BCUT2D eigenvalue weighted by Gasteiger charge is 2.21. The van der Waals surface area contributed by atoms with Crippen LogP contribution in [-0.2, 0) is 11.2 Å². The zero-order chi connectivity index (χ0) is 11.5. The smallest absolute Gasteiger partial charge is 0.126 e. The Labute approximate surface area is 104 Å². The first kappa shape index (κ1) is 11.7. The molecule has 0 saturated carbocycles. The molecule has 0 saturated heterocycles. The first-order valence-corrected chi connectivity index (χ1v) is 6.14. The van der Waals surface area contributed by atoms with Crippen LogP contribution in [0.15, 0.2) is 12.1 Å². The first-order chi connectivity index (χ1) is 7.76. The van der Waals surface area contributed by atoms with E-state index in [0.717, 1.165) is 24.5 Å². The highest BCUT2D eigenvalue weighted by atomic mass is 79.9. The molecule has 88 valence electrons. The number of hydrogen-bond acceptors (Lipinski definition) is 3. The van der Waals surface area contributed by atoms with Crippen molar-refractivity contribution in [1.29, 1.82) is 0 Å². The average molecular weight is 287 g/mol. The Morgan fingerprint density at radius 2 is 2.12 bits per heavy atom. The average Bonchev–Trinajstić information content (AvgIpc) is 2.50. The molecule has 1 aromatic carbocycles. The van der Waals surface area contributed by atoms with Crippen LogP contribution in [0.25, 0.3) is 0 Å². The molecule has 0 radical (unpaired) electrons. The summed E-state index contributed by atoms with van der Waals surface area (Å²) in [5, 5.41) is 0. The Kier molecular flexibility index (Phi) is 3.71. The van der Waals surface area contributed by atoms with E-state index >= 15 is 0 Å². The molecule has 0 N–H and O–H groups in total. The van der Waals surface area contributed by atoms with E-state index in [1.54, 1.807) is 14.2 Å². The molecular formula is C12H15BrO3. The molecule has 3 nitrogen and oxygen atoms in total. The van der Waals surface area contributed by atoms with Crippen molar-refractivity contribution in [1.82, 2.24) is 0 Å². The van der Waals surface area contributed by atoms with Crippen molar-refractivity contribution >= 4 is 15.9 Å². The molecule has 0 amide bonds. The third-order valence-corrected chi connectivity index (χ3v) is 3.53. The number of hydrogen-bond donors (Lipinski definition) is 0. The Hall–Kier alpha value is -0.740. The summed E-state index contributed by atoms with van der Waals surface area (Å²) in [6.45, 7) is 1.42. The Balaban J connectivity index is 2.51. The maximum absolute atomic E-state index is 5.52. The maximum atomic E-state index is 5.52. The molecule has 1 aliphatic heterocycles. The summed E-state index contributed by atoms with van der Waals surface area (Å²) in [4.78, 5) is 0.203. The summed E-state index contributed by atoms with van der Waals surface area (Å²) in [7, 11) is 3.35. The molecule has 1 heterocycles. The lowest BCUT2D eigenvalue weighted by Gasteiger charge is -2.15. The van der Waals surface area contributed by atoms with Gasteiger partial charge in [0.25, 0.3) is 0 Å². The maximum Gasteiger partial charge on any atom is 0.126 e. The summed E-state index contributed by atoms with van der Waals surface area (Å²) >= 11 is 3.63. The molecule has 0 fully saturated rings. The summed E-state index contributed by atoms with van der Waals surface area (Å²) < 4.78 is 16.2. The van der Waals surface area contributed by atoms with E-state index in [1.807, 2.05) is 12.1 Å². The van der Waals surface area contributed by atoms with Gasteiger partial charge in [0.1, 0.15) is 11.5 Å². The van der Waals surface area contributed by atoms with Gasteiger partial charge in [0, 0.05) is 11.6 Å². The third-order valence-electron chi connectivity index (χ3n) is 2.77. The van der Waals surface area contributed by atoms with Crippen molar-refractivity contribution in [2.24, 2.45) is 0 Å². The number of methoxy groups -OCH3 is 2. The topological polar surface area (TPSA) is 27.7 Å². The molecule has 1 unspecified atom stereocenters. The first-order valence-electron chi connectivity index (χ1n) is 5.23. The molecular weight excluding hydrogens is 272 g/mol. The van der Waals surface area contributed by atoms with Gasteiger partial charge in [0.05, 0.1) is 32.3 Å². The van der Waals surface area contributed by atoms with Crippen molar-refractivity contribution in [3.05, 3.63) is 23.3 Å². The van der Waals surface area contributed by atoms with Crippen LogP contribution in [0.5, 0.6) is 11.5 Å². The number of ether oxygens (including phenoxy) is 3. The monoisotopic (exact) mass is 286 g/mol. The molecule has 1 aromatic rings. The van der Waals surface area contributed by atoms with E-state index in [-0.39, 0.29) is 4.83 Å². The zero-order valence-corrected chi connectivity index (χ0v) is 11.0. The number of halogens is 1. The molecule has 0 aliphatic carbocycles. The second kappa shape index (κ2) is 5.06. The van der Waals surface area contributed by atoms with Gasteiger partial charge in [-0.25, -0.2) is 0 Å². The lowest BCUT2D eigenvalue weighted by Crippen LogP contribution is -2.01. The summed E-state index contributed by atoms with van der Waals surface area (Å²) in [6.07, 6.45) is 0.880. The summed E-state index contributed by atoms with van der Waals surface area (Å²) in [5.41, 5.74) is 2.41. The van der Waals surface area contributed by atoms with Crippen LogP contribution < -0.4 is 9.47 Å². The van der Waals surface area contributed by atoms with Crippen LogP contribution in [0.3, 0.4) is 0 Å². The fraction of sp³-hybridized carbons (Fsp3) is 0.500. The molecule has 2 rings (SSSR count). The molecule has 0 aromatic heterocycles. The van der Waals surface area contributed by atoms with Crippen LogP contribution >= 0.6 is 15.9 Å². The molecule has 1 aliphatic rings. The second-order valence-corrected chi connectivity index (χ2v) is 4.80. The Bertz CT molecular complexity index is 379. The van der Waals surface area contributed by atoms with Crippen molar-refractivity contribution in [2.45, 2.75) is 11.2 Å². The fourth-order valence-electron chi connectivity index (χ4n) is 1.94. The number of benzene rings is 1. The van der Waals surface area contributed by atoms with Gasteiger partial charge in [-0.3, -0.25) is 0 Å². The normalized spacial score (nSPS) is 19.8. The van der Waals surface area contributed by atoms with Gasteiger partial charge >= 0.3 is 0 Å². The van der Waals surface area contributed by atoms with Crippen molar-refractivity contribution in [3.8, 4) is 11.5 Å². The molecule has 0 bridgehead atoms. The minimum atomic E-state index is 0.203. The van der Waals surface area contributed by atoms with Crippen molar-refractivity contribution in [3.63, 3.8) is 0 Å². The van der Waals surface area contributed by atoms with Gasteiger partial charge in [0.15, 0.2) is 0 Å².